The van der Waals surface area contributed by atoms with Crippen molar-refractivity contribution in [2.24, 2.45) is 5.92 Å². The van der Waals surface area contributed by atoms with E-state index in [1.807, 2.05) is 0 Å². The Balaban J connectivity index is 1.59. The molecule has 30 heavy (non-hydrogen) atoms. The van der Waals surface area contributed by atoms with Crippen molar-refractivity contribution in [1.82, 2.24) is 14.9 Å². The fourth-order valence-electron chi connectivity index (χ4n) is 4.13. The van der Waals surface area contributed by atoms with E-state index in [-0.39, 0.29) is 11.7 Å². The standard InChI is InChI=1S/C23H31N3O2S2/c1-4-15(2)11-19-16(3)30-23-21(19)22(27)24-20(25-23)14-26(12-17-7-5-9-28-17)13-18-8-6-10-29-18/h6,8,10,15,17H,4-5,7,9,11-14H2,1-3H3,(H,24,25,27). The maximum Gasteiger partial charge on any atom is 0.259 e. The fraction of sp³-hybridized carbons (Fsp3) is 0.565. The first-order valence-corrected chi connectivity index (χ1v) is 12.6. The molecule has 0 spiro atoms. The number of nitrogens with zero attached hydrogens (tertiary/aromatic N) is 2. The maximum absolute atomic E-state index is 13.0. The van der Waals surface area contributed by atoms with Gasteiger partial charge in [0.1, 0.15) is 10.7 Å². The third-order valence-electron chi connectivity index (χ3n) is 5.98. The Morgan fingerprint density at radius 2 is 2.27 bits per heavy atom. The molecule has 1 saturated heterocycles. The average Bonchev–Trinajstić information content (AvgIpc) is 3.45. The van der Waals surface area contributed by atoms with Crippen LogP contribution in [0.1, 0.15) is 54.3 Å². The van der Waals surface area contributed by atoms with Crippen molar-refractivity contribution in [2.45, 2.75) is 65.6 Å². The Labute approximate surface area is 186 Å². The maximum atomic E-state index is 13.0. The van der Waals surface area contributed by atoms with Gasteiger partial charge in [-0.2, -0.15) is 0 Å². The number of nitrogens with one attached hydrogen (secondary N) is 1. The Kier molecular flexibility index (Phi) is 7.03. The zero-order chi connectivity index (χ0) is 21.1. The Bertz CT molecular complexity index is 1020. The molecule has 0 amide bonds. The number of hydrogen-bond acceptors (Lipinski definition) is 6. The second-order valence-electron chi connectivity index (χ2n) is 8.43. The molecule has 0 bridgehead atoms. The summed E-state index contributed by atoms with van der Waals surface area (Å²) in [6.07, 6.45) is 4.56. The minimum atomic E-state index is 0.00541. The molecule has 3 aromatic rings. The largest absolute Gasteiger partial charge is 0.377 e. The van der Waals surface area contributed by atoms with Crippen LogP contribution in [0.5, 0.6) is 0 Å². The van der Waals surface area contributed by atoms with Crippen LogP contribution in [0.4, 0.5) is 0 Å². The molecular formula is C23H31N3O2S2. The molecule has 1 aliphatic rings. The number of aryl methyl sites for hydroxylation is 1. The highest BCUT2D eigenvalue weighted by molar-refractivity contribution is 7.18. The van der Waals surface area contributed by atoms with Crippen LogP contribution in [-0.4, -0.2) is 34.1 Å². The molecule has 3 aromatic heterocycles. The van der Waals surface area contributed by atoms with Crippen molar-refractivity contribution >= 4 is 32.9 Å². The zero-order valence-corrected chi connectivity index (χ0v) is 19.7. The number of hydrogen-bond donors (Lipinski definition) is 1. The van der Waals surface area contributed by atoms with E-state index >= 15 is 0 Å². The zero-order valence-electron chi connectivity index (χ0n) is 18.1. The summed E-state index contributed by atoms with van der Waals surface area (Å²) in [5.74, 6) is 1.31. The molecule has 162 valence electrons. The molecule has 2 atom stereocenters. The third-order valence-corrected chi connectivity index (χ3v) is 7.88. The van der Waals surface area contributed by atoms with Crippen molar-refractivity contribution in [1.29, 1.82) is 0 Å². The van der Waals surface area contributed by atoms with Gasteiger partial charge in [0.25, 0.3) is 5.56 Å². The second-order valence-corrected chi connectivity index (χ2v) is 10.7. The number of rotatable bonds is 9. The number of aromatic amines is 1. The minimum Gasteiger partial charge on any atom is -0.377 e. The van der Waals surface area contributed by atoms with Gasteiger partial charge < -0.3 is 9.72 Å². The van der Waals surface area contributed by atoms with Gasteiger partial charge in [-0.15, -0.1) is 22.7 Å². The van der Waals surface area contributed by atoms with E-state index in [0.717, 1.165) is 61.4 Å². The molecule has 4 rings (SSSR count). The highest BCUT2D eigenvalue weighted by Crippen LogP contribution is 2.30. The van der Waals surface area contributed by atoms with Crippen molar-refractivity contribution in [2.75, 3.05) is 13.2 Å². The van der Waals surface area contributed by atoms with Crippen molar-refractivity contribution in [3.63, 3.8) is 0 Å². The summed E-state index contributed by atoms with van der Waals surface area (Å²) in [6.45, 7) is 9.75. The molecule has 2 unspecified atom stereocenters. The number of fused-ring (bicyclic) bond motifs is 1. The first-order valence-electron chi connectivity index (χ1n) is 10.9. The lowest BCUT2D eigenvalue weighted by Gasteiger charge is -2.24. The van der Waals surface area contributed by atoms with Crippen LogP contribution in [0, 0.1) is 12.8 Å². The highest BCUT2D eigenvalue weighted by Gasteiger charge is 2.22. The first kappa shape index (κ1) is 21.7. The van der Waals surface area contributed by atoms with Gasteiger partial charge in [-0.05, 0) is 49.1 Å². The molecule has 7 heteroatoms. The van der Waals surface area contributed by atoms with E-state index in [4.69, 9.17) is 9.72 Å². The van der Waals surface area contributed by atoms with Crippen molar-refractivity contribution in [3.05, 3.63) is 49.0 Å². The number of ether oxygens (including phenoxy) is 1. The minimum absolute atomic E-state index is 0.00541. The molecule has 0 saturated carbocycles. The summed E-state index contributed by atoms with van der Waals surface area (Å²) >= 11 is 3.42. The lowest BCUT2D eigenvalue weighted by molar-refractivity contribution is 0.0674. The summed E-state index contributed by atoms with van der Waals surface area (Å²) < 4.78 is 5.87. The predicted octanol–water partition coefficient (Wildman–Crippen LogP) is 5.12. The molecule has 1 fully saturated rings. The summed E-state index contributed by atoms with van der Waals surface area (Å²) in [7, 11) is 0. The predicted molar refractivity (Wildman–Crippen MR) is 126 cm³/mol. The van der Waals surface area contributed by atoms with Gasteiger partial charge >= 0.3 is 0 Å². The summed E-state index contributed by atoms with van der Waals surface area (Å²) in [5, 5.41) is 2.91. The SMILES string of the molecule is CCC(C)Cc1c(C)sc2nc(CN(Cc3cccs3)CC3CCCO3)[nH]c(=O)c12. The first-order chi connectivity index (χ1) is 14.5. The smallest absolute Gasteiger partial charge is 0.259 e. The van der Waals surface area contributed by atoms with E-state index in [0.29, 0.717) is 12.5 Å². The van der Waals surface area contributed by atoms with E-state index in [1.165, 1.54) is 15.3 Å². The molecule has 0 aromatic carbocycles. The lowest BCUT2D eigenvalue weighted by atomic mass is 9.98. The number of thiophene rings is 2. The topological polar surface area (TPSA) is 58.2 Å². The van der Waals surface area contributed by atoms with Gasteiger partial charge in [0, 0.05) is 29.5 Å². The Morgan fingerprint density at radius 3 is 2.97 bits per heavy atom. The van der Waals surface area contributed by atoms with Gasteiger partial charge in [0.15, 0.2) is 0 Å². The van der Waals surface area contributed by atoms with E-state index < -0.39 is 0 Å². The van der Waals surface area contributed by atoms with Crippen LogP contribution in [0.25, 0.3) is 10.2 Å². The van der Waals surface area contributed by atoms with Crippen LogP contribution >= 0.6 is 22.7 Å². The van der Waals surface area contributed by atoms with Gasteiger partial charge in [0.2, 0.25) is 0 Å². The fourth-order valence-corrected chi connectivity index (χ4v) is 5.95. The molecule has 5 nitrogen and oxygen atoms in total. The monoisotopic (exact) mass is 445 g/mol. The normalized spacial score (nSPS) is 17.9. The van der Waals surface area contributed by atoms with Crippen LogP contribution in [0.3, 0.4) is 0 Å². The molecule has 1 aliphatic heterocycles. The van der Waals surface area contributed by atoms with Crippen LogP contribution < -0.4 is 5.56 Å². The van der Waals surface area contributed by atoms with Crippen LogP contribution in [-0.2, 0) is 24.2 Å². The lowest BCUT2D eigenvalue weighted by Crippen LogP contribution is -2.32. The van der Waals surface area contributed by atoms with Crippen LogP contribution in [0.2, 0.25) is 0 Å². The summed E-state index contributed by atoms with van der Waals surface area (Å²) in [4.78, 5) is 26.7. The molecule has 0 aliphatic carbocycles. The van der Waals surface area contributed by atoms with Gasteiger partial charge in [0.05, 0.1) is 18.0 Å². The van der Waals surface area contributed by atoms with Gasteiger partial charge in [-0.3, -0.25) is 9.69 Å². The summed E-state index contributed by atoms with van der Waals surface area (Å²) in [5.41, 5.74) is 1.19. The van der Waals surface area contributed by atoms with Crippen LogP contribution in [0.15, 0.2) is 22.3 Å². The molecular weight excluding hydrogens is 414 g/mol. The van der Waals surface area contributed by atoms with Gasteiger partial charge in [-0.1, -0.05) is 26.3 Å². The molecule has 1 N–H and O–H groups in total. The third kappa shape index (κ3) is 5.02. The molecule has 0 radical (unpaired) electrons. The van der Waals surface area contributed by atoms with Gasteiger partial charge in [-0.25, -0.2) is 4.98 Å². The van der Waals surface area contributed by atoms with Crippen molar-refractivity contribution < 1.29 is 4.74 Å². The van der Waals surface area contributed by atoms with E-state index in [2.05, 4.69) is 48.2 Å². The summed E-state index contributed by atoms with van der Waals surface area (Å²) in [6, 6.07) is 4.25. The number of H-pyrrole nitrogens is 1. The Morgan fingerprint density at radius 1 is 1.40 bits per heavy atom. The highest BCUT2D eigenvalue weighted by atomic mass is 32.1. The Hall–Kier alpha value is -1.54. The van der Waals surface area contributed by atoms with Crippen molar-refractivity contribution in [3.8, 4) is 0 Å². The second kappa shape index (κ2) is 9.73. The quantitative estimate of drug-likeness (QED) is 0.496. The number of aromatic nitrogens is 2. The van der Waals surface area contributed by atoms with E-state index in [9.17, 15) is 4.79 Å². The molecule has 4 heterocycles. The average molecular weight is 446 g/mol. The van der Waals surface area contributed by atoms with E-state index in [1.54, 1.807) is 22.7 Å².